The summed E-state index contributed by atoms with van der Waals surface area (Å²) in [7, 11) is 0. The largest absolute Gasteiger partial charge is 0.399 e. The highest BCUT2D eigenvalue weighted by Crippen LogP contribution is 2.68. The molecule has 8 atom stereocenters. The minimum atomic E-state index is -0.478. The lowest BCUT2D eigenvalue weighted by Crippen LogP contribution is -2.55. The fourth-order valence-corrected chi connectivity index (χ4v) is 8.85. The van der Waals surface area contributed by atoms with Crippen LogP contribution >= 0.6 is 0 Å². The summed E-state index contributed by atoms with van der Waals surface area (Å²) in [5.74, 6) is 3.29. The van der Waals surface area contributed by atoms with Crippen LogP contribution < -0.4 is 5.73 Å². The van der Waals surface area contributed by atoms with Crippen LogP contribution in [0.2, 0.25) is 0 Å². The monoisotopic (exact) mass is 439 g/mol. The first-order chi connectivity index (χ1) is 15.0. The van der Waals surface area contributed by atoms with Crippen LogP contribution in [-0.2, 0) is 11.3 Å². The van der Waals surface area contributed by atoms with Gasteiger partial charge in [-0.3, -0.25) is 9.48 Å². The fraction of sp³-hybridized carbons (Fsp3) is 0.778. The van der Waals surface area contributed by atoms with Crippen molar-refractivity contribution in [3.8, 4) is 0 Å². The summed E-state index contributed by atoms with van der Waals surface area (Å²) in [4.78, 5) is 13.4. The van der Waals surface area contributed by atoms with Crippen molar-refractivity contribution in [1.29, 1.82) is 0 Å². The average Bonchev–Trinajstić information content (AvgIpc) is 3.32. The van der Waals surface area contributed by atoms with Gasteiger partial charge in [-0.25, -0.2) is 0 Å². The van der Waals surface area contributed by atoms with Crippen molar-refractivity contribution in [2.75, 3.05) is 0 Å². The Morgan fingerprint density at radius 1 is 1.12 bits per heavy atom. The number of rotatable bonds is 4. The van der Waals surface area contributed by atoms with Gasteiger partial charge >= 0.3 is 0 Å². The van der Waals surface area contributed by atoms with Crippen LogP contribution in [0.15, 0.2) is 19.0 Å². The van der Waals surface area contributed by atoms with Gasteiger partial charge < -0.3 is 10.8 Å². The average molecular weight is 440 g/mol. The number of fused-ring (bicyclic) bond motifs is 5. The molecule has 1 heterocycles. The van der Waals surface area contributed by atoms with Gasteiger partial charge in [-0.2, -0.15) is 5.10 Å². The minimum absolute atomic E-state index is 0.120. The molecule has 0 bridgehead atoms. The van der Waals surface area contributed by atoms with Crippen LogP contribution in [0.3, 0.4) is 0 Å². The number of Topliss-reactive ketones (excluding diaryl/α,β-unsaturated/α-hetero) is 1. The molecule has 176 valence electrons. The van der Waals surface area contributed by atoms with E-state index in [-0.39, 0.29) is 11.3 Å². The number of hydrogen-bond donors (Lipinski definition) is 2. The Balaban J connectivity index is 1.32. The van der Waals surface area contributed by atoms with Gasteiger partial charge in [0, 0.05) is 23.4 Å². The molecule has 4 aliphatic rings. The number of carbonyl (C=O) groups excluding carboxylic acids is 1. The Labute approximate surface area is 192 Å². The number of aliphatic hydroxyl groups is 1. The van der Waals surface area contributed by atoms with Gasteiger partial charge in [-0.05, 0) is 99.2 Å². The second-order valence-electron chi connectivity index (χ2n) is 12.5. The van der Waals surface area contributed by atoms with Crippen molar-refractivity contribution in [3.05, 3.63) is 24.5 Å². The molecule has 1 aromatic heterocycles. The Hall–Kier alpha value is -1.62. The van der Waals surface area contributed by atoms with Crippen LogP contribution in [0.5, 0.6) is 0 Å². The van der Waals surface area contributed by atoms with Crippen molar-refractivity contribution < 1.29 is 9.90 Å². The van der Waals surface area contributed by atoms with Crippen molar-refractivity contribution in [3.63, 3.8) is 0 Å². The molecule has 3 N–H and O–H groups in total. The zero-order chi connectivity index (χ0) is 22.9. The quantitative estimate of drug-likeness (QED) is 0.707. The summed E-state index contributed by atoms with van der Waals surface area (Å²) in [6.07, 6.45) is 13.8. The molecule has 1 aromatic rings. The highest BCUT2D eigenvalue weighted by Gasteiger charge is 2.61. The number of nitrogens with two attached hydrogens (primary N) is 1. The second kappa shape index (κ2) is 7.44. The molecule has 5 nitrogen and oxygen atoms in total. The SMILES string of the molecule is C=C(N)c1cnn(CC(=O)[C@H]2CC[C@H]3[C@@H]4CC[C@H]5C[C@](C)(O)CC[C@]5(C)[C@H]4CC[C@]23C)c1. The molecule has 0 saturated heterocycles. The number of ketones is 1. The van der Waals surface area contributed by atoms with Gasteiger partial charge in [0.25, 0.3) is 0 Å². The maximum absolute atomic E-state index is 13.4. The molecule has 4 fully saturated rings. The second-order valence-corrected chi connectivity index (χ2v) is 12.5. The van der Waals surface area contributed by atoms with Crippen LogP contribution in [0.4, 0.5) is 0 Å². The van der Waals surface area contributed by atoms with Crippen molar-refractivity contribution in [2.24, 2.45) is 46.2 Å². The van der Waals surface area contributed by atoms with E-state index in [1.165, 1.54) is 25.7 Å². The molecule has 0 amide bonds. The van der Waals surface area contributed by atoms with Gasteiger partial charge in [-0.15, -0.1) is 0 Å². The molecule has 0 spiro atoms. The van der Waals surface area contributed by atoms with E-state index < -0.39 is 5.60 Å². The molecule has 0 radical (unpaired) electrons. The minimum Gasteiger partial charge on any atom is -0.399 e. The molecule has 5 heteroatoms. The van der Waals surface area contributed by atoms with E-state index in [1.807, 2.05) is 13.1 Å². The van der Waals surface area contributed by atoms with Crippen LogP contribution in [0.1, 0.15) is 84.1 Å². The zero-order valence-corrected chi connectivity index (χ0v) is 20.1. The first kappa shape index (κ1) is 22.2. The third kappa shape index (κ3) is 3.38. The molecule has 0 aromatic carbocycles. The van der Waals surface area contributed by atoms with Gasteiger partial charge in [-0.1, -0.05) is 20.4 Å². The number of carbonyl (C=O) groups is 1. The van der Waals surface area contributed by atoms with E-state index in [9.17, 15) is 9.90 Å². The van der Waals surface area contributed by atoms with Gasteiger partial charge in [0.15, 0.2) is 5.78 Å². The summed E-state index contributed by atoms with van der Waals surface area (Å²) in [5.41, 5.74) is 7.07. The van der Waals surface area contributed by atoms with E-state index >= 15 is 0 Å². The molecule has 0 unspecified atom stereocenters. The molecule has 4 aliphatic carbocycles. The molecule has 32 heavy (non-hydrogen) atoms. The summed E-state index contributed by atoms with van der Waals surface area (Å²) in [5, 5.41) is 15.0. The lowest BCUT2D eigenvalue weighted by atomic mass is 9.44. The Bertz CT molecular complexity index is 920. The summed E-state index contributed by atoms with van der Waals surface area (Å²) < 4.78 is 1.73. The standard InChI is InChI=1S/C27H41N3O2/c1-17(28)18-14-29-30(15-18)16-24(31)23-8-7-21-20-6-5-19-13-25(2,32)11-12-26(19,3)22(20)9-10-27(21,23)4/h14-15,19-23,32H,1,5-13,16,28H2,2-4H3/t19-,20-,21-,22-,23+,25+,26-,27-/m0/s1. The topological polar surface area (TPSA) is 81.1 Å². The Kier molecular flexibility index (Phi) is 5.16. The lowest BCUT2D eigenvalue weighted by Gasteiger charge is -2.61. The zero-order valence-electron chi connectivity index (χ0n) is 20.1. The Morgan fingerprint density at radius 3 is 2.59 bits per heavy atom. The van der Waals surface area contributed by atoms with E-state index in [4.69, 9.17) is 5.73 Å². The maximum Gasteiger partial charge on any atom is 0.157 e. The summed E-state index contributed by atoms with van der Waals surface area (Å²) in [6.45, 7) is 11.1. The van der Waals surface area contributed by atoms with Crippen LogP contribution in [-0.4, -0.2) is 26.3 Å². The highest BCUT2D eigenvalue weighted by atomic mass is 16.3. The number of hydrogen-bond acceptors (Lipinski definition) is 4. The molecular weight excluding hydrogens is 398 g/mol. The third-order valence-electron chi connectivity index (χ3n) is 10.7. The fourth-order valence-electron chi connectivity index (χ4n) is 8.85. The van der Waals surface area contributed by atoms with E-state index in [1.54, 1.807) is 10.9 Å². The van der Waals surface area contributed by atoms with Crippen molar-refractivity contribution in [1.82, 2.24) is 9.78 Å². The number of nitrogens with zero attached hydrogens (tertiary/aromatic N) is 2. The summed E-state index contributed by atoms with van der Waals surface area (Å²) in [6, 6.07) is 0. The Morgan fingerprint density at radius 2 is 1.88 bits per heavy atom. The third-order valence-corrected chi connectivity index (χ3v) is 10.7. The predicted octanol–water partition coefficient (Wildman–Crippen LogP) is 4.79. The summed E-state index contributed by atoms with van der Waals surface area (Å²) >= 11 is 0. The predicted molar refractivity (Wildman–Crippen MR) is 126 cm³/mol. The van der Waals surface area contributed by atoms with Crippen LogP contribution in [0.25, 0.3) is 5.70 Å². The smallest absolute Gasteiger partial charge is 0.157 e. The number of aromatic nitrogens is 2. The highest BCUT2D eigenvalue weighted by molar-refractivity contribution is 5.82. The van der Waals surface area contributed by atoms with Crippen molar-refractivity contribution >= 4 is 11.5 Å². The maximum atomic E-state index is 13.4. The molecule has 4 saturated carbocycles. The van der Waals surface area contributed by atoms with Crippen LogP contribution in [0, 0.1) is 40.4 Å². The first-order valence-electron chi connectivity index (χ1n) is 12.8. The molecule has 5 rings (SSSR count). The van der Waals surface area contributed by atoms with Gasteiger partial charge in [0.1, 0.15) is 0 Å². The normalized spacial score (nSPS) is 45.6. The first-order valence-corrected chi connectivity index (χ1v) is 12.8. The van der Waals surface area contributed by atoms with Gasteiger partial charge in [0.2, 0.25) is 0 Å². The van der Waals surface area contributed by atoms with Gasteiger partial charge in [0.05, 0.1) is 18.3 Å². The molecule has 0 aliphatic heterocycles. The van der Waals surface area contributed by atoms with E-state index in [0.717, 1.165) is 49.5 Å². The molecular formula is C27H41N3O2. The lowest BCUT2D eigenvalue weighted by molar-refractivity contribution is -0.151. The van der Waals surface area contributed by atoms with E-state index in [0.29, 0.717) is 35.3 Å². The van der Waals surface area contributed by atoms with E-state index in [2.05, 4.69) is 25.5 Å². The van der Waals surface area contributed by atoms with Crippen molar-refractivity contribution in [2.45, 2.75) is 90.7 Å².